The van der Waals surface area contributed by atoms with Gasteiger partial charge in [-0.1, -0.05) is 24.3 Å². The zero-order valence-electron chi connectivity index (χ0n) is 13.1. The van der Waals surface area contributed by atoms with Crippen LogP contribution in [0.4, 0.5) is 11.4 Å². The van der Waals surface area contributed by atoms with Gasteiger partial charge in [0, 0.05) is 12.1 Å². The summed E-state index contributed by atoms with van der Waals surface area (Å²) in [5.74, 6) is 0.663. The number of nitrogen functional groups attached to an aromatic ring is 1. The fraction of sp³-hybridized carbons (Fsp3) is 0.278. The van der Waals surface area contributed by atoms with E-state index in [9.17, 15) is 4.79 Å². The highest BCUT2D eigenvalue weighted by molar-refractivity contribution is 5.91. The second-order valence-electron chi connectivity index (χ2n) is 5.36. The third-order valence-electron chi connectivity index (χ3n) is 3.39. The Morgan fingerprint density at radius 3 is 2.73 bits per heavy atom. The maximum atomic E-state index is 12.0. The first-order chi connectivity index (χ1) is 10.6. The van der Waals surface area contributed by atoms with Gasteiger partial charge >= 0.3 is 0 Å². The van der Waals surface area contributed by atoms with Crippen molar-refractivity contribution < 1.29 is 9.53 Å². The fourth-order valence-corrected chi connectivity index (χ4v) is 2.11. The summed E-state index contributed by atoms with van der Waals surface area (Å²) in [5.41, 5.74) is 9.47. The van der Waals surface area contributed by atoms with Gasteiger partial charge in [0.25, 0.3) is 0 Å². The molecule has 0 saturated heterocycles. The van der Waals surface area contributed by atoms with Crippen LogP contribution in [0, 0.1) is 13.8 Å². The number of ether oxygens (including phenoxy) is 1. The third kappa shape index (κ3) is 4.52. The van der Waals surface area contributed by atoms with Crippen molar-refractivity contribution >= 4 is 17.3 Å². The molecule has 0 aliphatic heterocycles. The van der Waals surface area contributed by atoms with Crippen LogP contribution >= 0.6 is 0 Å². The van der Waals surface area contributed by atoms with Crippen LogP contribution < -0.4 is 15.8 Å². The average molecular weight is 298 g/mol. The van der Waals surface area contributed by atoms with Crippen molar-refractivity contribution in [2.45, 2.75) is 26.7 Å². The van der Waals surface area contributed by atoms with Crippen LogP contribution in [-0.2, 0) is 4.79 Å². The maximum absolute atomic E-state index is 12.0. The lowest BCUT2D eigenvalue weighted by Gasteiger charge is -2.10. The largest absolute Gasteiger partial charge is 0.491 e. The lowest BCUT2D eigenvalue weighted by atomic mass is 10.1. The molecule has 2 aromatic rings. The third-order valence-corrected chi connectivity index (χ3v) is 3.39. The first kappa shape index (κ1) is 15.9. The molecule has 0 aromatic heterocycles. The van der Waals surface area contributed by atoms with Crippen LogP contribution in [0.25, 0.3) is 0 Å². The lowest BCUT2D eigenvalue weighted by Crippen LogP contribution is -2.13. The summed E-state index contributed by atoms with van der Waals surface area (Å²) in [6.07, 6.45) is 1.06. The molecule has 0 fully saturated rings. The molecule has 0 unspecified atom stereocenters. The van der Waals surface area contributed by atoms with E-state index in [0.717, 1.165) is 16.8 Å². The van der Waals surface area contributed by atoms with Crippen molar-refractivity contribution in [3.8, 4) is 5.75 Å². The molecule has 0 heterocycles. The van der Waals surface area contributed by atoms with Gasteiger partial charge in [0.2, 0.25) is 5.91 Å². The van der Waals surface area contributed by atoms with E-state index in [0.29, 0.717) is 30.9 Å². The minimum atomic E-state index is -0.00154. The van der Waals surface area contributed by atoms with Crippen LogP contribution in [-0.4, -0.2) is 12.5 Å². The highest BCUT2D eigenvalue weighted by Gasteiger charge is 2.05. The van der Waals surface area contributed by atoms with Crippen molar-refractivity contribution in [1.29, 1.82) is 0 Å². The van der Waals surface area contributed by atoms with Gasteiger partial charge in [-0.2, -0.15) is 0 Å². The number of nitrogens with two attached hydrogens (primary N) is 1. The Morgan fingerprint density at radius 2 is 1.95 bits per heavy atom. The molecule has 0 atom stereocenters. The lowest BCUT2D eigenvalue weighted by molar-refractivity contribution is -0.116. The van der Waals surface area contributed by atoms with Gasteiger partial charge in [0.15, 0.2) is 0 Å². The molecule has 0 aliphatic rings. The van der Waals surface area contributed by atoms with Gasteiger partial charge in [0.05, 0.1) is 12.3 Å². The molecule has 4 nitrogen and oxygen atoms in total. The quantitative estimate of drug-likeness (QED) is 0.631. The highest BCUT2D eigenvalue weighted by atomic mass is 16.5. The van der Waals surface area contributed by atoms with E-state index in [1.807, 2.05) is 50.2 Å². The molecule has 1 amide bonds. The van der Waals surface area contributed by atoms with E-state index in [4.69, 9.17) is 10.5 Å². The highest BCUT2D eigenvalue weighted by Crippen LogP contribution is 2.20. The molecule has 22 heavy (non-hydrogen) atoms. The zero-order valence-corrected chi connectivity index (χ0v) is 13.1. The summed E-state index contributed by atoms with van der Waals surface area (Å²) in [6.45, 7) is 4.46. The van der Waals surface area contributed by atoms with Gasteiger partial charge < -0.3 is 15.8 Å². The number of hydrogen-bond acceptors (Lipinski definition) is 3. The van der Waals surface area contributed by atoms with E-state index in [1.165, 1.54) is 0 Å². The standard InChI is InChI=1S/C18H22N2O2/c1-13-9-10-14(2)16(12-13)20-18(21)8-5-11-22-17-7-4-3-6-15(17)19/h3-4,6-7,9-10,12H,5,8,11,19H2,1-2H3,(H,20,21). The van der Waals surface area contributed by atoms with Gasteiger partial charge in [-0.15, -0.1) is 0 Å². The van der Waals surface area contributed by atoms with Crippen molar-refractivity contribution in [3.63, 3.8) is 0 Å². The molecular weight excluding hydrogens is 276 g/mol. The Balaban J connectivity index is 1.76. The van der Waals surface area contributed by atoms with Gasteiger partial charge in [-0.05, 0) is 49.6 Å². The number of nitrogens with one attached hydrogen (secondary N) is 1. The SMILES string of the molecule is Cc1ccc(C)c(NC(=O)CCCOc2ccccc2N)c1. The van der Waals surface area contributed by atoms with E-state index >= 15 is 0 Å². The summed E-state index contributed by atoms with van der Waals surface area (Å²) < 4.78 is 5.58. The van der Waals surface area contributed by atoms with Gasteiger partial charge in [0.1, 0.15) is 5.75 Å². The van der Waals surface area contributed by atoms with E-state index in [1.54, 1.807) is 6.07 Å². The Hall–Kier alpha value is -2.49. The van der Waals surface area contributed by atoms with Crippen molar-refractivity contribution in [1.82, 2.24) is 0 Å². The number of aryl methyl sites for hydroxylation is 2. The normalized spacial score (nSPS) is 10.3. The van der Waals surface area contributed by atoms with Crippen molar-refractivity contribution in [2.24, 2.45) is 0 Å². The Labute approximate surface area is 131 Å². The summed E-state index contributed by atoms with van der Waals surface area (Å²) in [5, 5.41) is 2.94. The Morgan fingerprint density at radius 1 is 1.18 bits per heavy atom. The molecule has 2 rings (SSSR count). The maximum Gasteiger partial charge on any atom is 0.224 e. The number of hydrogen-bond donors (Lipinski definition) is 2. The summed E-state index contributed by atoms with van der Waals surface area (Å²) >= 11 is 0. The van der Waals surface area contributed by atoms with E-state index in [-0.39, 0.29) is 5.91 Å². The molecule has 0 saturated carbocycles. The Bertz CT molecular complexity index is 653. The number of carbonyl (C=O) groups excluding carboxylic acids is 1. The smallest absolute Gasteiger partial charge is 0.224 e. The van der Waals surface area contributed by atoms with Gasteiger partial charge in [-0.25, -0.2) is 0 Å². The minimum Gasteiger partial charge on any atom is -0.491 e. The zero-order chi connectivity index (χ0) is 15.9. The molecule has 4 heteroatoms. The first-order valence-electron chi connectivity index (χ1n) is 7.40. The Kier molecular flexibility index (Phi) is 5.42. The molecule has 116 valence electrons. The van der Waals surface area contributed by atoms with Crippen LogP contribution in [0.3, 0.4) is 0 Å². The summed E-state index contributed by atoms with van der Waals surface area (Å²) in [6, 6.07) is 13.4. The molecule has 0 bridgehead atoms. The van der Waals surface area contributed by atoms with Crippen LogP contribution in [0.2, 0.25) is 0 Å². The predicted octanol–water partition coefficient (Wildman–Crippen LogP) is 3.68. The van der Waals surface area contributed by atoms with Crippen molar-refractivity contribution in [2.75, 3.05) is 17.7 Å². The minimum absolute atomic E-state index is 0.00154. The van der Waals surface area contributed by atoms with Gasteiger partial charge in [-0.3, -0.25) is 4.79 Å². The average Bonchev–Trinajstić information content (AvgIpc) is 2.49. The fourth-order valence-electron chi connectivity index (χ4n) is 2.11. The predicted molar refractivity (Wildman–Crippen MR) is 90.1 cm³/mol. The second-order valence-corrected chi connectivity index (χ2v) is 5.36. The number of carbonyl (C=O) groups is 1. The van der Waals surface area contributed by atoms with Crippen molar-refractivity contribution in [3.05, 3.63) is 53.6 Å². The monoisotopic (exact) mass is 298 g/mol. The topological polar surface area (TPSA) is 64.3 Å². The number of benzene rings is 2. The summed E-state index contributed by atoms with van der Waals surface area (Å²) in [7, 11) is 0. The molecule has 0 radical (unpaired) electrons. The number of anilines is 2. The van der Waals surface area contributed by atoms with Crippen LogP contribution in [0.15, 0.2) is 42.5 Å². The number of para-hydroxylation sites is 2. The van der Waals surface area contributed by atoms with E-state index < -0.39 is 0 Å². The van der Waals surface area contributed by atoms with Crippen LogP contribution in [0.1, 0.15) is 24.0 Å². The second kappa shape index (κ2) is 7.50. The van der Waals surface area contributed by atoms with E-state index in [2.05, 4.69) is 5.32 Å². The molecule has 2 aromatic carbocycles. The molecular formula is C18H22N2O2. The molecule has 0 spiro atoms. The first-order valence-corrected chi connectivity index (χ1v) is 7.40. The molecule has 0 aliphatic carbocycles. The molecule has 3 N–H and O–H groups in total. The number of rotatable bonds is 6. The van der Waals surface area contributed by atoms with Crippen LogP contribution in [0.5, 0.6) is 5.75 Å². The number of amides is 1. The summed E-state index contributed by atoms with van der Waals surface area (Å²) in [4.78, 5) is 12.0.